The number of halogens is 3. The number of carboxylic acids is 1. The van der Waals surface area contributed by atoms with Crippen molar-refractivity contribution in [2.45, 2.75) is 31.3 Å². The van der Waals surface area contributed by atoms with E-state index in [0.29, 0.717) is 0 Å². The number of alkyl halides is 1. The summed E-state index contributed by atoms with van der Waals surface area (Å²) in [5, 5.41) is 6.97. The predicted octanol–water partition coefficient (Wildman–Crippen LogP) is 2.07. The number of rotatable bonds is 5. The second-order valence-corrected chi connectivity index (χ2v) is 5.72. The van der Waals surface area contributed by atoms with Gasteiger partial charge in [-0.15, -0.1) is 0 Å². The molecule has 0 rings (SSSR count). The molecule has 0 amide bonds. The quantitative estimate of drug-likeness (QED) is 0.714. The average Bonchev–Trinajstić information content (AvgIpc) is 2.03. The molecule has 0 saturated heterocycles. The summed E-state index contributed by atoms with van der Waals surface area (Å²) in [6.07, 6.45) is -0.863. The fourth-order valence-corrected chi connectivity index (χ4v) is 1.97. The first-order valence-electron chi connectivity index (χ1n) is 4.03. The van der Waals surface area contributed by atoms with Crippen LogP contribution in [0, 0.1) is 0 Å². The normalized spacial score (nSPS) is 19.9. The molecular formula is C7H14F3NO2S. The van der Waals surface area contributed by atoms with Gasteiger partial charge in [-0.25, -0.2) is 9.18 Å². The Hall–Kier alpha value is -0.430. The monoisotopic (exact) mass is 233 g/mol. The zero-order chi connectivity index (χ0) is 11.6. The van der Waals surface area contributed by atoms with E-state index in [0.717, 1.165) is 6.92 Å². The third-order valence-electron chi connectivity index (χ3n) is 1.91. The zero-order valence-electron chi connectivity index (χ0n) is 7.97. The van der Waals surface area contributed by atoms with Crippen molar-refractivity contribution in [1.82, 2.24) is 0 Å². The van der Waals surface area contributed by atoms with E-state index in [1.165, 1.54) is 6.92 Å². The van der Waals surface area contributed by atoms with E-state index in [1.54, 1.807) is 0 Å². The van der Waals surface area contributed by atoms with Gasteiger partial charge in [-0.2, -0.15) is 7.77 Å². The summed E-state index contributed by atoms with van der Waals surface area (Å²) < 4.78 is 39.0. The van der Waals surface area contributed by atoms with Gasteiger partial charge in [0, 0.05) is 17.4 Å². The standard InChI is InChI=1S/C7H14F3NO2S/c1-3-14(9,10)5(2)4-7(8,11)6(12)13/h5H,3-4,11H2,1-2H3,(H,12,13). The van der Waals surface area contributed by atoms with Crippen LogP contribution in [0.5, 0.6) is 0 Å². The lowest BCUT2D eigenvalue weighted by atomic mass is 10.1. The van der Waals surface area contributed by atoms with Crippen LogP contribution in [0.1, 0.15) is 20.3 Å². The van der Waals surface area contributed by atoms with Gasteiger partial charge in [0.05, 0.1) is 10.8 Å². The fraction of sp³-hybridized carbons (Fsp3) is 0.857. The minimum Gasteiger partial charge on any atom is -0.478 e. The molecule has 0 heterocycles. The maximum absolute atomic E-state index is 13.0. The summed E-state index contributed by atoms with van der Waals surface area (Å²) in [6, 6.07) is 0. The van der Waals surface area contributed by atoms with Crippen LogP contribution < -0.4 is 5.73 Å². The molecule has 2 unspecified atom stereocenters. The van der Waals surface area contributed by atoms with Gasteiger partial charge in [-0.05, 0) is 6.92 Å². The van der Waals surface area contributed by atoms with Crippen molar-refractivity contribution < 1.29 is 22.1 Å². The lowest BCUT2D eigenvalue weighted by molar-refractivity contribution is -0.151. The molecule has 7 heteroatoms. The molecule has 86 valence electrons. The third-order valence-corrected chi connectivity index (χ3v) is 4.03. The first-order valence-corrected chi connectivity index (χ1v) is 5.70. The molecule has 0 aromatic rings. The van der Waals surface area contributed by atoms with Crippen molar-refractivity contribution in [2.24, 2.45) is 5.73 Å². The van der Waals surface area contributed by atoms with Crippen molar-refractivity contribution in [2.75, 3.05) is 5.75 Å². The number of hydrogen-bond donors (Lipinski definition) is 2. The van der Waals surface area contributed by atoms with Crippen LogP contribution in [0.25, 0.3) is 0 Å². The van der Waals surface area contributed by atoms with Gasteiger partial charge >= 0.3 is 5.97 Å². The second-order valence-electron chi connectivity index (χ2n) is 3.09. The van der Waals surface area contributed by atoms with Crippen LogP contribution in [0.15, 0.2) is 0 Å². The Morgan fingerprint density at radius 3 is 2.36 bits per heavy atom. The lowest BCUT2D eigenvalue weighted by Crippen LogP contribution is -2.45. The SMILES string of the molecule is CCS(F)(F)C(C)CC(N)(F)C(=O)O. The molecule has 3 N–H and O–H groups in total. The van der Waals surface area contributed by atoms with Crippen LogP contribution in [0.3, 0.4) is 0 Å². The number of nitrogens with two attached hydrogens (primary N) is 1. The third kappa shape index (κ3) is 3.38. The number of carbonyl (C=O) groups is 1. The van der Waals surface area contributed by atoms with Gasteiger partial charge < -0.3 is 5.11 Å². The Morgan fingerprint density at radius 2 is 2.07 bits per heavy atom. The molecule has 0 fully saturated rings. The minimum atomic E-state index is -3.95. The van der Waals surface area contributed by atoms with Gasteiger partial charge in [0.2, 0.25) is 0 Å². The van der Waals surface area contributed by atoms with Crippen LogP contribution in [0.4, 0.5) is 12.2 Å². The average molecular weight is 233 g/mol. The van der Waals surface area contributed by atoms with E-state index in [4.69, 9.17) is 10.8 Å². The van der Waals surface area contributed by atoms with E-state index in [2.05, 4.69) is 0 Å². The van der Waals surface area contributed by atoms with Gasteiger partial charge in [0.1, 0.15) is 0 Å². The molecule has 0 spiro atoms. The molecule has 3 nitrogen and oxygen atoms in total. The highest BCUT2D eigenvalue weighted by atomic mass is 32.3. The van der Waals surface area contributed by atoms with Crippen LogP contribution in [-0.2, 0) is 4.79 Å². The Balaban J connectivity index is 4.46. The smallest absolute Gasteiger partial charge is 0.356 e. The topological polar surface area (TPSA) is 63.3 Å². The van der Waals surface area contributed by atoms with E-state index in [-0.39, 0.29) is 5.75 Å². The summed E-state index contributed by atoms with van der Waals surface area (Å²) in [7, 11) is -3.95. The summed E-state index contributed by atoms with van der Waals surface area (Å²) >= 11 is 0. The van der Waals surface area contributed by atoms with Crippen molar-refractivity contribution in [1.29, 1.82) is 0 Å². The molecule has 14 heavy (non-hydrogen) atoms. The van der Waals surface area contributed by atoms with Gasteiger partial charge in [0.25, 0.3) is 5.79 Å². The van der Waals surface area contributed by atoms with Gasteiger partial charge in [0.15, 0.2) is 0 Å². The van der Waals surface area contributed by atoms with E-state index in [9.17, 15) is 17.0 Å². The molecule has 0 aliphatic heterocycles. The Morgan fingerprint density at radius 1 is 1.64 bits per heavy atom. The number of carboxylic acid groups (broad SMARTS) is 1. The van der Waals surface area contributed by atoms with E-state index >= 15 is 0 Å². The van der Waals surface area contributed by atoms with Gasteiger partial charge in [-0.3, -0.25) is 5.73 Å². The summed E-state index contributed by atoms with van der Waals surface area (Å²) in [5.41, 5.74) is 4.73. The second kappa shape index (κ2) is 4.39. The highest BCUT2D eigenvalue weighted by Crippen LogP contribution is 2.57. The fourth-order valence-electron chi connectivity index (χ4n) is 0.912. The summed E-state index contributed by atoms with van der Waals surface area (Å²) in [5.74, 6) is -5.36. The molecule has 0 aromatic heterocycles. The first kappa shape index (κ1) is 13.6. The molecule has 0 saturated carbocycles. The highest BCUT2D eigenvalue weighted by molar-refractivity contribution is 8.25. The number of hydrogen-bond acceptors (Lipinski definition) is 2. The molecule has 0 aromatic carbocycles. The Labute approximate surface area is 82.4 Å². The van der Waals surface area contributed by atoms with Crippen molar-refractivity contribution >= 4 is 16.8 Å². The molecule has 0 bridgehead atoms. The Bertz CT molecular complexity index is 223. The summed E-state index contributed by atoms with van der Waals surface area (Å²) in [4.78, 5) is 10.2. The van der Waals surface area contributed by atoms with E-state index in [1.807, 2.05) is 0 Å². The van der Waals surface area contributed by atoms with Crippen molar-refractivity contribution in [3.05, 3.63) is 0 Å². The predicted molar refractivity (Wildman–Crippen MR) is 50.1 cm³/mol. The molecular weight excluding hydrogens is 219 g/mol. The van der Waals surface area contributed by atoms with Crippen molar-refractivity contribution in [3.8, 4) is 0 Å². The first-order chi connectivity index (χ1) is 6.13. The summed E-state index contributed by atoms with van der Waals surface area (Å²) in [6.45, 7) is 2.39. The van der Waals surface area contributed by atoms with Crippen LogP contribution in [0.2, 0.25) is 0 Å². The number of aliphatic carboxylic acids is 1. The zero-order valence-corrected chi connectivity index (χ0v) is 8.78. The van der Waals surface area contributed by atoms with Crippen LogP contribution in [-0.4, -0.2) is 27.9 Å². The maximum Gasteiger partial charge on any atom is 0.356 e. The van der Waals surface area contributed by atoms with Gasteiger partial charge in [-0.1, -0.05) is 6.92 Å². The molecule has 2 atom stereocenters. The minimum absolute atomic E-state index is 0.385. The maximum atomic E-state index is 13.0. The Kier molecular flexibility index (Phi) is 4.26. The van der Waals surface area contributed by atoms with Crippen molar-refractivity contribution in [3.63, 3.8) is 0 Å². The molecule has 0 radical (unpaired) electrons. The lowest BCUT2D eigenvalue weighted by Gasteiger charge is -2.29. The largest absolute Gasteiger partial charge is 0.478 e. The molecule has 0 aliphatic rings. The molecule has 0 aliphatic carbocycles. The highest BCUT2D eigenvalue weighted by Gasteiger charge is 2.41. The van der Waals surface area contributed by atoms with Crippen LogP contribution >= 0.6 is 10.8 Å². The van der Waals surface area contributed by atoms with E-state index < -0.39 is 34.2 Å².